The number of likely N-dealkylation sites (tertiary alicyclic amines) is 1. The van der Waals surface area contributed by atoms with Crippen LogP contribution in [0.25, 0.3) is 0 Å². The lowest BCUT2D eigenvalue weighted by Crippen LogP contribution is -2.58. The highest BCUT2D eigenvalue weighted by atomic mass is 16.8. The maximum atomic E-state index is 6.43. The monoisotopic (exact) mass is 417 g/mol. The zero-order chi connectivity index (χ0) is 21.0. The Balaban J connectivity index is 1.33. The van der Waals surface area contributed by atoms with Crippen LogP contribution in [0.4, 0.5) is 0 Å². The van der Waals surface area contributed by atoms with Crippen LogP contribution in [0, 0.1) is 0 Å². The summed E-state index contributed by atoms with van der Waals surface area (Å²) in [5.74, 6) is -0.619. The topological polar surface area (TPSA) is 40.2 Å². The Bertz CT molecular complexity index is 652. The molecule has 0 N–H and O–H groups in total. The van der Waals surface area contributed by atoms with Gasteiger partial charge in [-0.3, -0.25) is 4.90 Å². The Labute approximate surface area is 182 Å². The van der Waals surface area contributed by atoms with Crippen LogP contribution in [0.3, 0.4) is 0 Å². The van der Waals surface area contributed by atoms with E-state index in [0.29, 0.717) is 12.6 Å². The number of ether oxygens (including phenoxy) is 4. The van der Waals surface area contributed by atoms with Gasteiger partial charge in [0.2, 0.25) is 0 Å². The first-order valence-electron chi connectivity index (χ1n) is 12.0. The summed E-state index contributed by atoms with van der Waals surface area (Å²) in [6, 6.07) is 10.8. The summed E-state index contributed by atoms with van der Waals surface area (Å²) in [7, 11) is 0. The smallest absolute Gasteiger partial charge is 0.190 e. The summed E-state index contributed by atoms with van der Waals surface area (Å²) in [6.45, 7) is 9.06. The van der Waals surface area contributed by atoms with Crippen molar-refractivity contribution in [3.05, 3.63) is 35.9 Å². The second kappa shape index (κ2) is 10.1. The van der Waals surface area contributed by atoms with Crippen molar-refractivity contribution < 1.29 is 18.9 Å². The van der Waals surface area contributed by atoms with Crippen molar-refractivity contribution in [2.75, 3.05) is 13.1 Å². The number of hydrogen-bond acceptors (Lipinski definition) is 5. The standard InChI is InChI=1S/C25H39NO4/c1-4-5-6-7-8-12-16-26-17-15-20(26)21-22(27-18-19-13-10-9-11-14-19)23-24(28-21)30-25(2,3)29-23/h9-11,13-14,20-24H,4-8,12,15-18H2,1-3H3/t20-,21+,22-,23+,24+/m0/s1. The van der Waals surface area contributed by atoms with Crippen LogP contribution in [0.2, 0.25) is 0 Å². The van der Waals surface area contributed by atoms with Gasteiger partial charge in [-0.05, 0) is 38.8 Å². The van der Waals surface area contributed by atoms with Crippen molar-refractivity contribution in [2.45, 2.75) is 109 Å². The number of benzene rings is 1. The molecular weight excluding hydrogens is 378 g/mol. The molecule has 0 unspecified atom stereocenters. The average molecular weight is 418 g/mol. The van der Waals surface area contributed by atoms with Gasteiger partial charge in [0.15, 0.2) is 12.1 Å². The molecule has 4 rings (SSSR count). The summed E-state index contributed by atoms with van der Waals surface area (Å²) in [4.78, 5) is 2.58. The number of fused-ring (bicyclic) bond motifs is 1. The van der Waals surface area contributed by atoms with E-state index >= 15 is 0 Å². The normalized spacial score (nSPS) is 32.8. The molecule has 5 atom stereocenters. The Morgan fingerprint density at radius 3 is 2.50 bits per heavy atom. The molecule has 1 aromatic carbocycles. The molecule has 168 valence electrons. The predicted octanol–water partition coefficient (Wildman–Crippen LogP) is 4.88. The highest BCUT2D eigenvalue weighted by molar-refractivity contribution is 5.14. The molecule has 3 aliphatic rings. The fraction of sp³-hybridized carbons (Fsp3) is 0.760. The largest absolute Gasteiger partial charge is 0.368 e. The lowest BCUT2D eigenvalue weighted by Gasteiger charge is -2.45. The van der Waals surface area contributed by atoms with Gasteiger partial charge in [-0.25, -0.2) is 0 Å². The zero-order valence-corrected chi connectivity index (χ0v) is 18.9. The van der Waals surface area contributed by atoms with Crippen molar-refractivity contribution >= 4 is 0 Å². The van der Waals surface area contributed by atoms with Crippen LogP contribution in [0.1, 0.15) is 71.3 Å². The third kappa shape index (κ3) is 5.25. The molecule has 5 heteroatoms. The lowest BCUT2D eigenvalue weighted by atomic mass is 9.92. The number of rotatable bonds is 11. The molecule has 0 saturated carbocycles. The van der Waals surface area contributed by atoms with Gasteiger partial charge in [0, 0.05) is 12.6 Å². The van der Waals surface area contributed by atoms with Gasteiger partial charge in [-0.2, -0.15) is 0 Å². The second-order valence-corrected chi connectivity index (χ2v) is 9.49. The highest BCUT2D eigenvalue weighted by Gasteiger charge is 2.58. The summed E-state index contributed by atoms with van der Waals surface area (Å²) in [5, 5.41) is 0. The van der Waals surface area contributed by atoms with E-state index in [1.807, 2.05) is 19.9 Å². The molecule has 3 fully saturated rings. The first kappa shape index (κ1) is 22.2. The van der Waals surface area contributed by atoms with E-state index in [4.69, 9.17) is 18.9 Å². The van der Waals surface area contributed by atoms with Gasteiger partial charge in [0.1, 0.15) is 18.3 Å². The van der Waals surface area contributed by atoms with Crippen molar-refractivity contribution in [1.82, 2.24) is 4.90 Å². The van der Waals surface area contributed by atoms with Crippen LogP contribution in [0.5, 0.6) is 0 Å². The minimum Gasteiger partial charge on any atom is -0.368 e. The molecule has 0 radical (unpaired) electrons. The van der Waals surface area contributed by atoms with E-state index in [2.05, 4.69) is 36.1 Å². The predicted molar refractivity (Wildman–Crippen MR) is 117 cm³/mol. The average Bonchev–Trinajstić information content (AvgIpc) is 3.17. The van der Waals surface area contributed by atoms with Gasteiger partial charge in [0.25, 0.3) is 0 Å². The van der Waals surface area contributed by atoms with E-state index in [0.717, 1.165) is 19.5 Å². The molecule has 0 aromatic heterocycles. The quantitative estimate of drug-likeness (QED) is 0.480. The maximum Gasteiger partial charge on any atom is 0.190 e. The second-order valence-electron chi connectivity index (χ2n) is 9.49. The van der Waals surface area contributed by atoms with Crippen LogP contribution in [-0.4, -0.2) is 54.4 Å². The highest BCUT2D eigenvalue weighted by Crippen LogP contribution is 2.42. The summed E-state index contributed by atoms with van der Waals surface area (Å²) < 4.78 is 25.1. The van der Waals surface area contributed by atoms with Gasteiger partial charge in [-0.15, -0.1) is 0 Å². The van der Waals surface area contributed by atoms with Crippen LogP contribution in [-0.2, 0) is 25.6 Å². The van der Waals surface area contributed by atoms with E-state index in [1.165, 1.54) is 44.1 Å². The summed E-state index contributed by atoms with van der Waals surface area (Å²) in [6.07, 6.45) is 8.57. The van der Waals surface area contributed by atoms with E-state index in [-0.39, 0.29) is 24.6 Å². The van der Waals surface area contributed by atoms with Crippen molar-refractivity contribution in [3.63, 3.8) is 0 Å². The third-order valence-electron chi connectivity index (χ3n) is 6.67. The first-order valence-corrected chi connectivity index (χ1v) is 12.0. The Morgan fingerprint density at radius 1 is 1.00 bits per heavy atom. The van der Waals surface area contributed by atoms with E-state index in [9.17, 15) is 0 Å². The minimum atomic E-state index is -0.619. The molecule has 0 bridgehead atoms. The first-order chi connectivity index (χ1) is 14.6. The van der Waals surface area contributed by atoms with Crippen molar-refractivity contribution in [3.8, 4) is 0 Å². The Kier molecular flexibility index (Phi) is 7.48. The number of hydrogen-bond donors (Lipinski definition) is 0. The molecule has 1 aromatic rings. The lowest BCUT2D eigenvalue weighted by molar-refractivity contribution is -0.231. The number of nitrogens with zero attached hydrogens (tertiary/aromatic N) is 1. The molecule has 30 heavy (non-hydrogen) atoms. The fourth-order valence-electron chi connectivity index (χ4n) is 4.98. The Hall–Kier alpha value is -0.980. The van der Waals surface area contributed by atoms with E-state index in [1.54, 1.807) is 0 Å². The van der Waals surface area contributed by atoms with Crippen molar-refractivity contribution in [2.24, 2.45) is 0 Å². The SMILES string of the molecule is CCCCCCCCN1CC[C@H]1[C@H]1O[C@@H]2OC(C)(C)O[C@@H]2[C@H]1OCc1ccccc1. The van der Waals surface area contributed by atoms with Crippen LogP contribution >= 0.6 is 0 Å². The summed E-state index contributed by atoms with van der Waals surface area (Å²) in [5.41, 5.74) is 1.18. The minimum absolute atomic E-state index is 0.00801. The summed E-state index contributed by atoms with van der Waals surface area (Å²) >= 11 is 0. The molecule has 5 nitrogen and oxygen atoms in total. The third-order valence-corrected chi connectivity index (χ3v) is 6.67. The van der Waals surface area contributed by atoms with Gasteiger partial charge in [0.05, 0.1) is 6.61 Å². The van der Waals surface area contributed by atoms with Crippen molar-refractivity contribution in [1.29, 1.82) is 0 Å². The van der Waals surface area contributed by atoms with E-state index < -0.39 is 5.79 Å². The maximum absolute atomic E-state index is 6.43. The Morgan fingerprint density at radius 2 is 1.77 bits per heavy atom. The molecule has 3 heterocycles. The van der Waals surface area contributed by atoms with Gasteiger partial charge >= 0.3 is 0 Å². The molecule has 0 spiro atoms. The number of unbranched alkanes of at least 4 members (excludes halogenated alkanes) is 5. The van der Waals surface area contributed by atoms with Crippen LogP contribution < -0.4 is 0 Å². The van der Waals surface area contributed by atoms with Gasteiger partial charge < -0.3 is 18.9 Å². The molecule has 0 aliphatic carbocycles. The van der Waals surface area contributed by atoms with Crippen LogP contribution in [0.15, 0.2) is 30.3 Å². The zero-order valence-electron chi connectivity index (χ0n) is 18.9. The molecular formula is C25H39NO4. The van der Waals surface area contributed by atoms with Gasteiger partial charge in [-0.1, -0.05) is 69.4 Å². The molecule has 0 amide bonds. The molecule has 3 saturated heterocycles. The molecule has 3 aliphatic heterocycles. The fourth-order valence-corrected chi connectivity index (χ4v) is 4.98.